The van der Waals surface area contributed by atoms with E-state index in [9.17, 15) is 61.5 Å². The number of fused-ring (bicyclic) bond motifs is 1. The molecule has 0 aromatic carbocycles. The van der Waals surface area contributed by atoms with Gasteiger partial charge in [0.25, 0.3) is 0 Å². The van der Waals surface area contributed by atoms with E-state index in [0.29, 0.717) is 0 Å². The van der Waals surface area contributed by atoms with E-state index in [2.05, 4.69) is 4.18 Å². The van der Waals surface area contributed by atoms with Gasteiger partial charge in [0.1, 0.15) is 18.3 Å². The molecule has 5 N–H and O–H groups in total. The highest BCUT2D eigenvalue weighted by Gasteiger charge is 3.04. The highest BCUT2D eigenvalue weighted by atomic mass is 32.2. The molecule has 12 atom stereocenters. The number of carboxylic acid groups (broad SMARTS) is 1. The van der Waals surface area contributed by atoms with Crippen LogP contribution in [0.25, 0.3) is 0 Å². The largest absolute Gasteiger partial charge is 0.523 e. The summed E-state index contributed by atoms with van der Waals surface area (Å²) >= 11 is 0. The van der Waals surface area contributed by atoms with Crippen molar-refractivity contribution < 1.29 is 79.9 Å². The number of carboxylic acids is 1. The predicted octanol–water partition coefficient (Wildman–Crippen LogP) is -2.00. The number of carbonyl (C=O) groups is 3. The van der Waals surface area contributed by atoms with Crippen LogP contribution in [-0.2, 0) is 42.9 Å². The van der Waals surface area contributed by atoms with Crippen LogP contribution >= 0.6 is 0 Å². The number of rotatable bonds is 4. The Morgan fingerprint density at radius 3 is 2.15 bits per heavy atom. The maximum atomic E-state index is 13.6. The topological polar surface area (TPSA) is 223 Å². The smallest absolute Gasteiger partial charge is 0.479 e. The number of ether oxygens (including phenoxy) is 3. The molecule has 3 aliphatic heterocycles. The average Bonchev–Trinajstić information content (AvgIpc) is 3.41. The van der Waals surface area contributed by atoms with Crippen LogP contribution in [-0.4, -0.2) is 105 Å². The highest BCUT2D eigenvalue weighted by molar-refractivity contribution is 7.87. The van der Waals surface area contributed by atoms with Gasteiger partial charge in [0.15, 0.2) is 24.1 Å². The Bertz CT molecular complexity index is 1280. The first-order valence-electron chi connectivity index (χ1n) is 11.6. The van der Waals surface area contributed by atoms with Crippen LogP contribution < -0.4 is 0 Å². The second kappa shape index (κ2) is 7.40. The van der Waals surface area contributed by atoms with Crippen molar-refractivity contribution in [3.05, 3.63) is 0 Å². The minimum atomic E-state index is -6.52. The van der Waals surface area contributed by atoms with Crippen molar-refractivity contribution in [2.45, 2.75) is 81.2 Å². The molecule has 0 amide bonds. The number of alkyl halides is 3. The van der Waals surface area contributed by atoms with Crippen molar-refractivity contribution in [2.24, 2.45) is 28.1 Å². The predicted molar refractivity (Wildman–Crippen MR) is 111 cm³/mol. The number of aliphatic hydroxyl groups excluding tert-OH is 3. The molecule has 1 spiro atoms. The molecule has 0 bridgehead atoms. The maximum absolute atomic E-state index is 13.6. The van der Waals surface area contributed by atoms with Crippen molar-refractivity contribution >= 4 is 28.0 Å². The summed E-state index contributed by atoms with van der Waals surface area (Å²) in [5, 5.41) is 56.1. The quantitative estimate of drug-likeness (QED) is 0.136. The van der Waals surface area contributed by atoms with Gasteiger partial charge < -0.3 is 39.7 Å². The second-order valence-corrected chi connectivity index (χ2v) is 13.2. The van der Waals surface area contributed by atoms with E-state index in [1.807, 2.05) is 0 Å². The van der Waals surface area contributed by atoms with E-state index in [0.717, 1.165) is 6.92 Å². The van der Waals surface area contributed by atoms with Gasteiger partial charge in [-0.2, -0.15) is 21.6 Å². The number of halogens is 3. The van der Waals surface area contributed by atoms with Crippen molar-refractivity contribution in [1.29, 1.82) is 0 Å². The van der Waals surface area contributed by atoms with Gasteiger partial charge >= 0.3 is 33.5 Å². The Morgan fingerprint density at radius 2 is 1.67 bits per heavy atom. The molecule has 14 nitrogen and oxygen atoms in total. The van der Waals surface area contributed by atoms with E-state index in [4.69, 9.17) is 14.2 Å². The minimum Gasteiger partial charge on any atom is -0.479 e. The fraction of sp³-hybridized carbons (Fsp3) is 0.857. The lowest BCUT2D eigenvalue weighted by atomic mass is 9.50. The first-order chi connectivity index (χ1) is 17.5. The zero-order chi connectivity index (χ0) is 29.7. The summed E-state index contributed by atoms with van der Waals surface area (Å²) in [6, 6.07) is 0. The van der Waals surface area contributed by atoms with E-state index in [1.54, 1.807) is 0 Å². The number of hydrogen-bond donors (Lipinski definition) is 5. The molecule has 3 heterocycles. The van der Waals surface area contributed by atoms with Crippen LogP contribution in [0.2, 0.25) is 0 Å². The molecule has 220 valence electrons. The molecule has 0 aromatic rings. The number of carbonyl (C=O) groups excluding carboxylic acids is 2. The highest BCUT2D eigenvalue weighted by Crippen LogP contribution is 2.83. The molecule has 18 heteroatoms. The summed E-state index contributed by atoms with van der Waals surface area (Å²) < 4.78 is 85.4. The molecule has 5 aliphatic rings. The van der Waals surface area contributed by atoms with Gasteiger partial charge in [-0.1, -0.05) is 20.8 Å². The van der Waals surface area contributed by atoms with Crippen molar-refractivity contribution in [3.63, 3.8) is 0 Å². The first kappa shape index (κ1) is 28.4. The Hall–Kier alpha value is -2.09. The zero-order valence-corrected chi connectivity index (χ0v) is 21.4. The molecule has 0 aromatic heterocycles. The SMILES string of the molecule is C[C@@H]1C(=O)O[C@H]2[C@H](O)C34C5OC(=O)[C@@]3(OC(O)C4(C(O)C(=O)O)[C@H](C(C)(C)C)[C@H]5OS(=O)(=O)C(F)(F)F)[C@@]12O. The molecule has 5 unspecified atom stereocenters. The lowest BCUT2D eigenvalue weighted by Crippen LogP contribution is -2.67. The fourth-order valence-electron chi connectivity index (χ4n) is 8.28. The number of hydrogen-bond acceptors (Lipinski definition) is 13. The third kappa shape index (κ3) is 2.60. The van der Waals surface area contributed by atoms with Crippen LogP contribution in [0.15, 0.2) is 0 Å². The van der Waals surface area contributed by atoms with Crippen molar-refractivity contribution in [1.82, 2.24) is 0 Å². The number of esters is 2. The van der Waals surface area contributed by atoms with Crippen molar-refractivity contribution in [3.8, 4) is 0 Å². The maximum Gasteiger partial charge on any atom is 0.523 e. The molecular formula is C21H25F3O14S. The average molecular weight is 590 g/mol. The van der Waals surface area contributed by atoms with Gasteiger partial charge in [-0.05, 0) is 12.3 Å². The zero-order valence-electron chi connectivity index (χ0n) is 20.6. The summed E-state index contributed by atoms with van der Waals surface area (Å²) in [5.74, 6) is -8.67. The third-order valence-electron chi connectivity index (χ3n) is 9.26. The van der Waals surface area contributed by atoms with Gasteiger partial charge in [0.05, 0.1) is 16.7 Å². The molecule has 0 radical (unpaired) electrons. The summed E-state index contributed by atoms with van der Waals surface area (Å²) in [4.78, 5) is 38.4. The fourth-order valence-corrected chi connectivity index (χ4v) is 8.89. The molecule has 2 aliphatic carbocycles. The lowest BCUT2D eigenvalue weighted by Gasteiger charge is -2.50. The third-order valence-corrected chi connectivity index (χ3v) is 10.3. The second-order valence-electron chi connectivity index (χ2n) is 11.7. The van der Waals surface area contributed by atoms with Crippen LogP contribution in [0.1, 0.15) is 27.7 Å². The normalized spacial score (nSPS) is 49.4. The van der Waals surface area contributed by atoms with Crippen LogP contribution in [0.4, 0.5) is 13.2 Å². The Kier molecular flexibility index (Phi) is 5.40. The Morgan fingerprint density at radius 1 is 1.10 bits per heavy atom. The van der Waals surface area contributed by atoms with Crippen molar-refractivity contribution in [2.75, 3.05) is 0 Å². The summed E-state index contributed by atoms with van der Waals surface area (Å²) in [5.41, 5.74) is -19.5. The van der Waals surface area contributed by atoms with Crippen LogP contribution in [0.5, 0.6) is 0 Å². The summed E-state index contributed by atoms with van der Waals surface area (Å²) in [6.45, 7) is 4.87. The lowest BCUT2D eigenvalue weighted by molar-refractivity contribution is -0.256. The van der Waals surface area contributed by atoms with E-state index in [1.165, 1.54) is 20.8 Å². The molecule has 2 saturated carbocycles. The van der Waals surface area contributed by atoms with Gasteiger partial charge in [-0.15, -0.1) is 0 Å². The van der Waals surface area contributed by atoms with E-state index in [-0.39, 0.29) is 0 Å². The van der Waals surface area contributed by atoms with E-state index >= 15 is 0 Å². The standard InChI is InChI=1S/C21H25F3O14S/c1-5-13(29)35-11-8(25)18-10-6(38-39(33,34)21(22,23)24)7(16(2,3)4)17(18,9(26)12(27)28)14(30)37-20(18,15(31)36-10)19(5,11)32/h5-11,14,25-26,30,32H,1-4H3,(H,27,28)/t5-,6-,7+,8+,9?,10?,11+,14?,17?,18?,19-,20+/m1/s1. The Balaban J connectivity index is 1.92. The van der Waals surface area contributed by atoms with Gasteiger partial charge in [0.2, 0.25) is 5.60 Å². The summed E-state index contributed by atoms with van der Waals surface area (Å²) in [7, 11) is -6.52. The minimum absolute atomic E-state index is 1.05. The van der Waals surface area contributed by atoms with Gasteiger partial charge in [-0.3, -0.25) is 8.98 Å². The van der Waals surface area contributed by atoms with Gasteiger partial charge in [-0.25, -0.2) is 9.59 Å². The number of aliphatic carboxylic acids is 1. The molecular weight excluding hydrogens is 565 g/mol. The molecule has 3 saturated heterocycles. The van der Waals surface area contributed by atoms with E-state index < -0.39 is 110 Å². The van der Waals surface area contributed by atoms with Gasteiger partial charge in [0, 0.05) is 5.92 Å². The number of aliphatic hydroxyl groups is 4. The first-order valence-corrected chi connectivity index (χ1v) is 13.0. The Labute approximate surface area is 217 Å². The molecule has 5 fully saturated rings. The monoisotopic (exact) mass is 590 g/mol. The van der Waals surface area contributed by atoms with Crippen LogP contribution in [0, 0.1) is 28.1 Å². The molecule has 39 heavy (non-hydrogen) atoms. The van der Waals surface area contributed by atoms with Crippen LogP contribution in [0.3, 0.4) is 0 Å². The molecule has 5 rings (SSSR count). The summed E-state index contributed by atoms with van der Waals surface area (Å²) in [6.07, 6.45) is -15.0.